The summed E-state index contributed by atoms with van der Waals surface area (Å²) in [6.07, 6.45) is 2.22. The van der Waals surface area contributed by atoms with E-state index < -0.39 is 0 Å². The molecule has 0 atom stereocenters. The molecule has 14 heavy (non-hydrogen) atoms. The predicted octanol–water partition coefficient (Wildman–Crippen LogP) is 0.903. The lowest BCUT2D eigenvalue weighted by molar-refractivity contribution is -0.104. The van der Waals surface area contributed by atoms with Crippen molar-refractivity contribution in [1.29, 1.82) is 5.41 Å². The van der Waals surface area contributed by atoms with Crippen molar-refractivity contribution in [2.24, 2.45) is 5.73 Å². The van der Waals surface area contributed by atoms with Crippen molar-refractivity contribution in [3.63, 3.8) is 0 Å². The van der Waals surface area contributed by atoms with Crippen LogP contribution in [0, 0.1) is 5.41 Å². The predicted molar refractivity (Wildman–Crippen MR) is 58.1 cm³/mol. The van der Waals surface area contributed by atoms with E-state index in [2.05, 4.69) is 0 Å². The average molecular weight is 195 g/mol. The summed E-state index contributed by atoms with van der Waals surface area (Å²) in [5, 5.41) is 7.63. The van der Waals surface area contributed by atoms with Crippen molar-refractivity contribution >= 4 is 12.0 Å². The van der Waals surface area contributed by atoms with E-state index in [0.717, 1.165) is 5.70 Å². The Labute approximate surface area is 84.6 Å². The van der Waals surface area contributed by atoms with E-state index in [9.17, 15) is 4.79 Å². The lowest BCUT2D eigenvalue weighted by Gasteiger charge is -2.12. The van der Waals surface area contributed by atoms with Crippen molar-refractivity contribution in [1.82, 2.24) is 4.90 Å². The minimum absolute atomic E-state index is 0.145. The summed E-state index contributed by atoms with van der Waals surface area (Å²) < 4.78 is 0. The molecule has 0 rings (SSSR count). The van der Waals surface area contributed by atoms with Crippen LogP contribution in [0.4, 0.5) is 0 Å². The minimum atomic E-state index is 0.145. The second kappa shape index (κ2) is 5.21. The van der Waals surface area contributed by atoms with Crippen LogP contribution in [0.3, 0.4) is 0 Å². The summed E-state index contributed by atoms with van der Waals surface area (Å²) in [6.45, 7) is 3.47. The van der Waals surface area contributed by atoms with Gasteiger partial charge < -0.3 is 16.0 Å². The molecule has 0 aliphatic heterocycles. The molecule has 0 aromatic rings. The van der Waals surface area contributed by atoms with Gasteiger partial charge in [-0.15, -0.1) is 0 Å². The van der Waals surface area contributed by atoms with Crippen LogP contribution >= 0.6 is 0 Å². The third-order valence-corrected chi connectivity index (χ3v) is 1.89. The molecule has 0 aromatic heterocycles. The molecule has 0 aliphatic carbocycles. The first-order valence-electron chi connectivity index (χ1n) is 4.26. The Morgan fingerprint density at radius 2 is 1.86 bits per heavy atom. The van der Waals surface area contributed by atoms with Gasteiger partial charge in [-0.1, -0.05) is 0 Å². The third-order valence-electron chi connectivity index (χ3n) is 1.89. The molecule has 0 bridgehead atoms. The molecule has 0 saturated carbocycles. The fraction of sp³-hybridized carbons (Fsp3) is 0.400. The maximum atomic E-state index is 10.6. The number of nitrogens with two attached hydrogens (primary N) is 1. The molecule has 0 saturated heterocycles. The lowest BCUT2D eigenvalue weighted by Crippen LogP contribution is -2.13. The highest BCUT2D eigenvalue weighted by molar-refractivity contribution is 6.19. The molecule has 0 spiro atoms. The van der Waals surface area contributed by atoms with Crippen molar-refractivity contribution in [3.8, 4) is 0 Å². The molecular formula is C10H17N3O. The first-order valence-corrected chi connectivity index (χ1v) is 4.26. The Morgan fingerprint density at radius 3 is 2.14 bits per heavy atom. The second-order valence-electron chi connectivity index (χ2n) is 3.31. The number of nitrogens with zero attached hydrogens (tertiary/aromatic N) is 1. The Hall–Kier alpha value is -1.58. The number of carbonyl (C=O) groups is 1. The third kappa shape index (κ3) is 3.43. The number of rotatable bonds is 4. The lowest BCUT2D eigenvalue weighted by atomic mass is 10.1. The van der Waals surface area contributed by atoms with Gasteiger partial charge in [0, 0.05) is 25.5 Å². The summed E-state index contributed by atoms with van der Waals surface area (Å²) in [6, 6.07) is 0. The Balaban J connectivity index is 4.90. The van der Waals surface area contributed by atoms with Crippen LogP contribution < -0.4 is 5.73 Å². The molecule has 0 aliphatic rings. The highest BCUT2D eigenvalue weighted by atomic mass is 16.1. The zero-order chi connectivity index (χ0) is 11.3. The zero-order valence-electron chi connectivity index (χ0n) is 9.09. The van der Waals surface area contributed by atoms with Gasteiger partial charge >= 0.3 is 0 Å². The van der Waals surface area contributed by atoms with E-state index in [1.807, 2.05) is 25.9 Å². The van der Waals surface area contributed by atoms with Crippen LogP contribution in [-0.4, -0.2) is 31.0 Å². The Morgan fingerprint density at radius 1 is 1.36 bits per heavy atom. The Kier molecular flexibility index (Phi) is 4.63. The number of nitrogens with one attached hydrogen (secondary N) is 1. The normalized spacial score (nSPS) is 13.3. The maximum absolute atomic E-state index is 10.6. The molecular weight excluding hydrogens is 178 g/mol. The number of aldehydes is 1. The standard InChI is InChI=1S/C10H17N3O/c1-7(13(3)4)5-10(12)9(6-14)8(2)11/h5-6,12H,11H2,1-4H3/b7-5-,9-8-,12-10?. The van der Waals surface area contributed by atoms with Crippen LogP contribution in [-0.2, 0) is 4.79 Å². The van der Waals surface area contributed by atoms with Gasteiger partial charge in [-0.3, -0.25) is 4.79 Å². The first-order chi connectivity index (χ1) is 6.40. The van der Waals surface area contributed by atoms with Crippen LogP contribution in [0.15, 0.2) is 23.0 Å². The molecule has 78 valence electrons. The minimum Gasteiger partial charge on any atom is -0.402 e. The molecule has 0 heterocycles. The van der Waals surface area contributed by atoms with Gasteiger partial charge in [-0.2, -0.15) is 0 Å². The van der Waals surface area contributed by atoms with E-state index in [0.29, 0.717) is 12.0 Å². The molecule has 4 heteroatoms. The summed E-state index contributed by atoms with van der Waals surface area (Å²) in [7, 11) is 3.75. The number of carbonyl (C=O) groups excluding carboxylic acids is 1. The zero-order valence-corrected chi connectivity index (χ0v) is 9.09. The number of hydrogen-bond acceptors (Lipinski definition) is 4. The van der Waals surface area contributed by atoms with Gasteiger partial charge in [0.25, 0.3) is 0 Å². The smallest absolute Gasteiger partial charge is 0.153 e. The summed E-state index contributed by atoms with van der Waals surface area (Å²) in [5.41, 5.74) is 7.12. The highest BCUT2D eigenvalue weighted by Crippen LogP contribution is 2.03. The van der Waals surface area contributed by atoms with Crippen molar-refractivity contribution < 1.29 is 4.79 Å². The second-order valence-corrected chi connectivity index (χ2v) is 3.31. The van der Waals surface area contributed by atoms with Gasteiger partial charge in [-0.25, -0.2) is 0 Å². The van der Waals surface area contributed by atoms with Crippen molar-refractivity contribution in [2.45, 2.75) is 13.8 Å². The van der Waals surface area contributed by atoms with Gasteiger partial charge in [0.15, 0.2) is 6.29 Å². The van der Waals surface area contributed by atoms with Crippen LogP contribution in [0.1, 0.15) is 13.8 Å². The maximum Gasteiger partial charge on any atom is 0.153 e. The highest BCUT2D eigenvalue weighted by Gasteiger charge is 2.04. The van der Waals surface area contributed by atoms with E-state index in [-0.39, 0.29) is 11.3 Å². The molecule has 4 nitrogen and oxygen atoms in total. The monoisotopic (exact) mass is 195 g/mol. The molecule has 0 amide bonds. The average Bonchev–Trinajstić information content (AvgIpc) is 2.04. The van der Waals surface area contributed by atoms with Crippen molar-refractivity contribution in [3.05, 3.63) is 23.0 Å². The Bertz CT molecular complexity index is 296. The molecule has 0 radical (unpaired) electrons. The van der Waals surface area contributed by atoms with E-state index in [4.69, 9.17) is 11.1 Å². The molecule has 3 N–H and O–H groups in total. The topological polar surface area (TPSA) is 70.2 Å². The molecule has 0 aromatic carbocycles. The van der Waals surface area contributed by atoms with E-state index in [1.165, 1.54) is 0 Å². The van der Waals surface area contributed by atoms with E-state index >= 15 is 0 Å². The molecule has 0 unspecified atom stereocenters. The number of allylic oxidation sites excluding steroid dienone is 4. The van der Waals surface area contributed by atoms with Crippen LogP contribution in [0.25, 0.3) is 0 Å². The SMILES string of the molecule is C/C(=C/C(=N)/C(C=O)=C(/C)N)N(C)C. The summed E-state index contributed by atoms with van der Waals surface area (Å²) >= 11 is 0. The summed E-state index contributed by atoms with van der Waals surface area (Å²) in [5.74, 6) is 0. The van der Waals surface area contributed by atoms with Gasteiger partial charge in [0.2, 0.25) is 0 Å². The largest absolute Gasteiger partial charge is 0.402 e. The van der Waals surface area contributed by atoms with Gasteiger partial charge in [0.05, 0.1) is 11.3 Å². The quantitative estimate of drug-likeness (QED) is 0.398. The fourth-order valence-corrected chi connectivity index (χ4v) is 0.785. The summed E-state index contributed by atoms with van der Waals surface area (Å²) in [4.78, 5) is 12.5. The van der Waals surface area contributed by atoms with Crippen LogP contribution in [0.5, 0.6) is 0 Å². The first kappa shape index (κ1) is 12.4. The molecule has 0 fully saturated rings. The number of hydrogen-bond donors (Lipinski definition) is 2. The van der Waals surface area contributed by atoms with Gasteiger partial charge in [-0.05, 0) is 19.9 Å². The fourth-order valence-electron chi connectivity index (χ4n) is 0.785. The van der Waals surface area contributed by atoms with E-state index in [1.54, 1.807) is 13.0 Å². The van der Waals surface area contributed by atoms with Crippen LogP contribution in [0.2, 0.25) is 0 Å². The van der Waals surface area contributed by atoms with Gasteiger partial charge in [0.1, 0.15) is 0 Å². The van der Waals surface area contributed by atoms with Crippen molar-refractivity contribution in [2.75, 3.05) is 14.1 Å².